The monoisotopic (exact) mass is 374 g/mol. The summed E-state index contributed by atoms with van der Waals surface area (Å²) in [6, 6.07) is 18.0. The number of hydrogen-bond donors (Lipinski definition) is 1. The van der Waals surface area contributed by atoms with Crippen LogP contribution in [0, 0.1) is 0 Å². The number of nitrogens with one attached hydrogen (secondary N) is 1. The van der Waals surface area contributed by atoms with Crippen molar-refractivity contribution in [2.24, 2.45) is 0 Å². The Balaban J connectivity index is 1.52. The van der Waals surface area contributed by atoms with Gasteiger partial charge in [0.2, 0.25) is 0 Å². The van der Waals surface area contributed by atoms with Crippen molar-refractivity contribution in [1.82, 2.24) is 10.3 Å². The highest BCUT2D eigenvalue weighted by molar-refractivity contribution is 6.04. The summed E-state index contributed by atoms with van der Waals surface area (Å²) in [5.41, 5.74) is 0.783. The van der Waals surface area contributed by atoms with Gasteiger partial charge in [-0.05, 0) is 42.6 Å². The van der Waals surface area contributed by atoms with Gasteiger partial charge in [-0.3, -0.25) is 9.78 Å². The van der Waals surface area contributed by atoms with Crippen LogP contribution in [0.4, 0.5) is 0 Å². The number of rotatable bonds is 5. The lowest BCUT2D eigenvalue weighted by Gasteiger charge is -2.15. The Hall–Kier alpha value is -3.67. The molecular formula is C22H18N2O4. The van der Waals surface area contributed by atoms with E-state index < -0.39 is 11.7 Å². The molecule has 6 nitrogen and oxygen atoms in total. The van der Waals surface area contributed by atoms with E-state index in [4.69, 9.17) is 9.15 Å². The van der Waals surface area contributed by atoms with Crippen LogP contribution in [-0.4, -0.2) is 17.0 Å². The maximum absolute atomic E-state index is 12.3. The van der Waals surface area contributed by atoms with Crippen molar-refractivity contribution in [3.8, 4) is 5.75 Å². The summed E-state index contributed by atoms with van der Waals surface area (Å²) in [6.45, 7) is 1.99. The van der Waals surface area contributed by atoms with Crippen LogP contribution < -0.4 is 15.7 Å². The lowest BCUT2D eigenvalue weighted by Crippen LogP contribution is -2.36. The van der Waals surface area contributed by atoms with Gasteiger partial charge in [-0.2, -0.15) is 0 Å². The molecule has 0 spiro atoms. The standard InChI is InChI=1S/C22H18N2O4/c1-14(21(25)24-13-15-6-4-5-11-23-15)27-16-9-10-18-17-7-2-3-8-19(17)22(26)28-20(18)12-16/h2-12,14H,13H2,1H3,(H,24,25)/t14-/m0/s1. The van der Waals surface area contributed by atoms with Crippen LogP contribution in [0.3, 0.4) is 0 Å². The van der Waals surface area contributed by atoms with E-state index in [-0.39, 0.29) is 5.91 Å². The molecule has 140 valence electrons. The van der Waals surface area contributed by atoms with Gasteiger partial charge in [0, 0.05) is 17.6 Å². The van der Waals surface area contributed by atoms with Gasteiger partial charge in [-0.15, -0.1) is 0 Å². The van der Waals surface area contributed by atoms with Crippen LogP contribution in [0.15, 0.2) is 76.1 Å². The third-order valence-electron chi connectivity index (χ3n) is 4.44. The molecular weight excluding hydrogens is 356 g/mol. The van der Waals surface area contributed by atoms with E-state index in [2.05, 4.69) is 10.3 Å². The van der Waals surface area contributed by atoms with Gasteiger partial charge in [-0.1, -0.05) is 24.3 Å². The van der Waals surface area contributed by atoms with E-state index in [0.717, 1.165) is 16.5 Å². The molecule has 2 aromatic carbocycles. The zero-order valence-corrected chi connectivity index (χ0v) is 15.2. The highest BCUT2D eigenvalue weighted by Crippen LogP contribution is 2.26. The van der Waals surface area contributed by atoms with Gasteiger partial charge in [-0.25, -0.2) is 4.79 Å². The second kappa shape index (κ2) is 7.52. The summed E-state index contributed by atoms with van der Waals surface area (Å²) < 4.78 is 11.1. The van der Waals surface area contributed by atoms with Crippen LogP contribution >= 0.6 is 0 Å². The van der Waals surface area contributed by atoms with Crippen LogP contribution in [0.25, 0.3) is 21.7 Å². The molecule has 0 aliphatic rings. The average molecular weight is 374 g/mol. The van der Waals surface area contributed by atoms with Gasteiger partial charge in [0.15, 0.2) is 6.10 Å². The summed E-state index contributed by atoms with van der Waals surface area (Å²) in [5.74, 6) is 0.192. The summed E-state index contributed by atoms with van der Waals surface area (Å²) >= 11 is 0. The first-order chi connectivity index (χ1) is 13.6. The number of carbonyl (C=O) groups excluding carboxylic acids is 1. The van der Waals surface area contributed by atoms with Crippen molar-refractivity contribution in [1.29, 1.82) is 0 Å². The number of ether oxygens (including phenoxy) is 1. The van der Waals surface area contributed by atoms with Crippen molar-refractivity contribution in [2.45, 2.75) is 19.6 Å². The fourth-order valence-electron chi connectivity index (χ4n) is 3.02. The lowest BCUT2D eigenvalue weighted by molar-refractivity contribution is -0.127. The summed E-state index contributed by atoms with van der Waals surface area (Å²) in [7, 11) is 0. The molecule has 0 unspecified atom stereocenters. The summed E-state index contributed by atoms with van der Waals surface area (Å²) in [5, 5.41) is 4.96. The number of amides is 1. The van der Waals surface area contributed by atoms with Crippen molar-refractivity contribution in [2.75, 3.05) is 0 Å². The van der Waals surface area contributed by atoms with Gasteiger partial charge < -0.3 is 14.5 Å². The van der Waals surface area contributed by atoms with E-state index >= 15 is 0 Å². The van der Waals surface area contributed by atoms with E-state index in [0.29, 0.717) is 23.3 Å². The Morgan fingerprint density at radius 3 is 2.64 bits per heavy atom. The van der Waals surface area contributed by atoms with Crippen LogP contribution in [0.1, 0.15) is 12.6 Å². The number of aromatic nitrogens is 1. The maximum Gasteiger partial charge on any atom is 0.344 e. The van der Waals surface area contributed by atoms with Crippen molar-refractivity contribution in [3.05, 3.63) is 83.0 Å². The molecule has 2 aromatic heterocycles. The fraction of sp³-hybridized carbons (Fsp3) is 0.136. The zero-order chi connectivity index (χ0) is 19.5. The molecule has 0 radical (unpaired) electrons. The Morgan fingerprint density at radius 2 is 1.86 bits per heavy atom. The molecule has 0 bridgehead atoms. The molecule has 1 atom stereocenters. The molecule has 0 saturated heterocycles. The number of pyridine rings is 1. The highest BCUT2D eigenvalue weighted by Gasteiger charge is 2.15. The van der Waals surface area contributed by atoms with Crippen molar-refractivity contribution < 1.29 is 13.9 Å². The van der Waals surface area contributed by atoms with Gasteiger partial charge in [0.1, 0.15) is 11.3 Å². The molecule has 4 rings (SSSR count). The number of benzene rings is 2. The summed E-state index contributed by atoms with van der Waals surface area (Å²) in [4.78, 5) is 28.6. The Labute approximate surface area is 160 Å². The van der Waals surface area contributed by atoms with Crippen LogP contribution in [-0.2, 0) is 11.3 Å². The molecule has 6 heteroatoms. The molecule has 4 aromatic rings. The number of nitrogens with zero attached hydrogens (tertiary/aromatic N) is 1. The van der Waals surface area contributed by atoms with Crippen LogP contribution in [0.2, 0.25) is 0 Å². The minimum atomic E-state index is -0.714. The third kappa shape index (κ3) is 3.57. The smallest absolute Gasteiger partial charge is 0.344 e. The zero-order valence-electron chi connectivity index (χ0n) is 15.2. The average Bonchev–Trinajstić information content (AvgIpc) is 2.73. The molecule has 0 fully saturated rings. The number of hydrogen-bond acceptors (Lipinski definition) is 5. The van der Waals surface area contributed by atoms with Crippen molar-refractivity contribution in [3.63, 3.8) is 0 Å². The van der Waals surface area contributed by atoms with E-state index in [1.807, 2.05) is 36.4 Å². The number of carbonyl (C=O) groups is 1. The van der Waals surface area contributed by atoms with E-state index in [1.165, 1.54) is 0 Å². The molecule has 1 N–H and O–H groups in total. The Kier molecular flexibility index (Phi) is 4.76. The first kappa shape index (κ1) is 17.7. The second-order valence-electron chi connectivity index (χ2n) is 6.39. The van der Waals surface area contributed by atoms with Crippen LogP contribution in [0.5, 0.6) is 5.75 Å². The first-order valence-corrected chi connectivity index (χ1v) is 8.92. The van der Waals surface area contributed by atoms with E-state index in [9.17, 15) is 9.59 Å². The quantitative estimate of drug-likeness (QED) is 0.428. The van der Waals surface area contributed by atoms with Gasteiger partial charge in [0.05, 0.1) is 17.6 Å². The molecule has 0 aliphatic heterocycles. The molecule has 0 saturated carbocycles. The largest absolute Gasteiger partial charge is 0.481 e. The van der Waals surface area contributed by atoms with Gasteiger partial charge >= 0.3 is 5.63 Å². The fourth-order valence-corrected chi connectivity index (χ4v) is 3.02. The SMILES string of the molecule is C[C@H](Oc1ccc2c(c1)oc(=O)c1ccccc12)C(=O)NCc1ccccn1. The van der Waals surface area contributed by atoms with Gasteiger partial charge in [0.25, 0.3) is 5.91 Å². The molecule has 1 amide bonds. The number of fused-ring (bicyclic) bond motifs is 3. The maximum atomic E-state index is 12.3. The molecule has 28 heavy (non-hydrogen) atoms. The molecule has 0 aliphatic carbocycles. The minimum absolute atomic E-state index is 0.259. The summed E-state index contributed by atoms with van der Waals surface area (Å²) in [6.07, 6.45) is 0.960. The first-order valence-electron chi connectivity index (χ1n) is 8.92. The topological polar surface area (TPSA) is 81.4 Å². The normalized spacial score (nSPS) is 12.0. The van der Waals surface area contributed by atoms with Crippen molar-refractivity contribution >= 4 is 27.6 Å². The molecule has 2 heterocycles. The minimum Gasteiger partial charge on any atom is -0.481 e. The third-order valence-corrected chi connectivity index (χ3v) is 4.44. The Bertz CT molecular complexity index is 1200. The highest BCUT2D eigenvalue weighted by atomic mass is 16.5. The Morgan fingerprint density at radius 1 is 1.07 bits per heavy atom. The predicted molar refractivity (Wildman–Crippen MR) is 106 cm³/mol. The second-order valence-corrected chi connectivity index (χ2v) is 6.39. The predicted octanol–water partition coefficient (Wildman–Crippen LogP) is 3.42. The van der Waals surface area contributed by atoms with E-state index in [1.54, 1.807) is 37.4 Å². The lowest BCUT2D eigenvalue weighted by atomic mass is 10.1.